The zero-order valence-electron chi connectivity index (χ0n) is 16.8. The number of nitrogens with one attached hydrogen (secondary N) is 2. The molecule has 1 aliphatic rings. The molecule has 1 saturated carbocycles. The minimum atomic E-state index is -0.228. The lowest BCUT2D eigenvalue weighted by atomic mass is 10.1. The van der Waals surface area contributed by atoms with Gasteiger partial charge in [-0.2, -0.15) is 15.5 Å². The van der Waals surface area contributed by atoms with E-state index >= 15 is 0 Å². The SMILES string of the molecule is Cn1ccc(-c2ccc(Nc3nn([C@@H](CC#N)C4CC4)c4cc[nH]c(=O)c34)cc2Cl)n1. The Morgan fingerprint density at radius 2 is 2.16 bits per heavy atom. The highest BCUT2D eigenvalue weighted by atomic mass is 35.5. The number of nitrogens with zero attached hydrogens (tertiary/aromatic N) is 5. The second-order valence-electron chi connectivity index (χ2n) is 7.82. The molecule has 156 valence electrons. The Balaban J connectivity index is 1.54. The first-order valence-electron chi connectivity index (χ1n) is 10.1. The Labute approximate surface area is 183 Å². The summed E-state index contributed by atoms with van der Waals surface area (Å²) in [5.41, 5.74) is 2.81. The highest BCUT2D eigenvalue weighted by Gasteiger charge is 2.34. The van der Waals surface area contributed by atoms with Gasteiger partial charge in [0.05, 0.1) is 34.8 Å². The van der Waals surface area contributed by atoms with E-state index in [-0.39, 0.29) is 11.6 Å². The lowest BCUT2D eigenvalue weighted by Gasteiger charge is -2.14. The number of H-pyrrole nitrogens is 1. The van der Waals surface area contributed by atoms with Crippen LogP contribution in [0.1, 0.15) is 25.3 Å². The molecular weight excluding hydrogens is 414 g/mol. The number of fused-ring (bicyclic) bond motifs is 1. The van der Waals surface area contributed by atoms with Gasteiger partial charge in [0.1, 0.15) is 5.39 Å². The molecule has 1 aliphatic carbocycles. The molecule has 2 N–H and O–H groups in total. The van der Waals surface area contributed by atoms with Crippen molar-refractivity contribution in [1.82, 2.24) is 24.5 Å². The molecule has 3 heterocycles. The number of hydrogen-bond donors (Lipinski definition) is 2. The summed E-state index contributed by atoms with van der Waals surface area (Å²) in [7, 11) is 1.85. The summed E-state index contributed by atoms with van der Waals surface area (Å²) >= 11 is 6.52. The van der Waals surface area contributed by atoms with Crippen LogP contribution in [0.25, 0.3) is 22.2 Å². The van der Waals surface area contributed by atoms with Crippen molar-refractivity contribution in [2.45, 2.75) is 25.3 Å². The van der Waals surface area contributed by atoms with Crippen LogP contribution in [0, 0.1) is 17.2 Å². The molecule has 1 fully saturated rings. The fourth-order valence-electron chi connectivity index (χ4n) is 3.96. The van der Waals surface area contributed by atoms with Gasteiger partial charge < -0.3 is 10.3 Å². The van der Waals surface area contributed by atoms with Gasteiger partial charge in [0.25, 0.3) is 5.56 Å². The topological polar surface area (TPSA) is 104 Å². The Morgan fingerprint density at radius 3 is 2.84 bits per heavy atom. The lowest BCUT2D eigenvalue weighted by molar-refractivity contribution is 0.426. The van der Waals surface area contributed by atoms with Crippen LogP contribution >= 0.6 is 11.6 Å². The highest BCUT2D eigenvalue weighted by Crippen LogP contribution is 2.43. The normalized spacial score (nSPS) is 14.5. The quantitative estimate of drug-likeness (QED) is 0.469. The number of aromatic nitrogens is 5. The minimum absolute atomic E-state index is 0.0417. The molecule has 9 heteroatoms. The first-order valence-corrected chi connectivity index (χ1v) is 10.5. The van der Waals surface area contributed by atoms with Crippen LogP contribution in [0.15, 0.2) is 47.5 Å². The van der Waals surface area contributed by atoms with Crippen molar-refractivity contribution < 1.29 is 0 Å². The van der Waals surface area contributed by atoms with Gasteiger partial charge in [-0.25, -0.2) is 0 Å². The van der Waals surface area contributed by atoms with Gasteiger partial charge in [-0.1, -0.05) is 11.6 Å². The molecule has 31 heavy (non-hydrogen) atoms. The van der Waals surface area contributed by atoms with Crippen LogP contribution in [0.3, 0.4) is 0 Å². The molecule has 5 rings (SSSR count). The largest absolute Gasteiger partial charge is 0.338 e. The van der Waals surface area contributed by atoms with E-state index in [1.165, 1.54) is 0 Å². The van der Waals surface area contributed by atoms with Gasteiger partial charge in [0, 0.05) is 30.7 Å². The fraction of sp³-hybridized carbons (Fsp3) is 0.273. The number of aryl methyl sites for hydroxylation is 1. The molecule has 0 saturated heterocycles. The maximum Gasteiger partial charge on any atom is 0.261 e. The first-order chi connectivity index (χ1) is 15.0. The van der Waals surface area contributed by atoms with Gasteiger partial charge in [-0.3, -0.25) is 14.2 Å². The second kappa shape index (κ2) is 7.60. The van der Waals surface area contributed by atoms with Crippen molar-refractivity contribution in [1.29, 1.82) is 5.26 Å². The first kappa shape index (κ1) is 19.4. The maximum atomic E-state index is 12.6. The monoisotopic (exact) mass is 433 g/mol. The third-order valence-electron chi connectivity index (χ3n) is 5.63. The number of hydrogen-bond acceptors (Lipinski definition) is 5. The van der Waals surface area contributed by atoms with Gasteiger partial charge >= 0.3 is 0 Å². The zero-order valence-corrected chi connectivity index (χ0v) is 17.6. The summed E-state index contributed by atoms with van der Waals surface area (Å²) in [5.74, 6) is 0.865. The molecule has 3 aromatic heterocycles. The van der Waals surface area contributed by atoms with E-state index in [0.29, 0.717) is 34.3 Å². The molecule has 1 atom stereocenters. The van der Waals surface area contributed by atoms with E-state index in [9.17, 15) is 10.1 Å². The van der Waals surface area contributed by atoms with Crippen molar-refractivity contribution in [3.05, 3.63) is 58.1 Å². The van der Waals surface area contributed by atoms with E-state index < -0.39 is 0 Å². The molecule has 0 radical (unpaired) electrons. The summed E-state index contributed by atoms with van der Waals surface area (Å²) in [5, 5.41) is 22.7. The third-order valence-corrected chi connectivity index (χ3v) is 5.95. The number of nitriles is 1. The number of anilines is 2. The fourth-order valence-corrected chi connectivity index (χ4v) is 4.24. The lowest BCUT2D eigenvalue weighted by Crippen LogP contribution is -2.13. The van der Waals surface area contributed by atoms with Crippen LogP contribution in [0.2, 0.25) is 5.02 Å². The molecule has 0 unspecified atom stereocenters. The molecule has 8 nitrogen and oxygen atoms in total. The molecular formula is C22H20ClN7O. The molecule has 0 spiro atoms. The highest BCUT2D eigenvalue weighted by molar-refractivity contribution is 6.33. The van der Waals surface area contributed by atoms with Crippen molar-refractivity contribution >= 4 is 34.0 Å². The predicted molar refractivity (Wildman–Crippen MR) is 119 cm³/mol. The smallest absolute Gasteiger partial charge is 0.261 e. The van der Waals surface area contributed by atoms with Crippen molar-refractivity contribution in [2.75, 3.05) is 5.32 Å². The molecule has 1 aromatic carbocycles. The maximum absolute atomic E-state index is 12.6. The Kier molecular flexibility index (Phi) is 4.75. The van der Waals surface area contributed by atoms with E-state index in [1.807, 2.05) is 42.2 Å². The van der Waals surface area contributed by atoms with Crippen molar-refractivity contribution in [3.63, 3.8) is 0 Å². The minimum Gasteiger partial charge on any atom is -0.338 e. The van der Waals surface area contributed by atoms with E-state index in [4.69, 9.17) is 16.7 Å². The average Bonchev–Trinajstić information content (AvgIpc) is 3.40. The number of rotatable bonds is 6. The number of benzene rings is 1. The Morgan fingerprint density at radius 1 is 1.32 bits per heavy atom. The summed E-state index contributed by atoms with van der Waals surface area (Å²) in [4.78, 5) is 15.4. The predicted octanol–water partition coefficient (Wildman–Crippen LogP) is 4.39. The van der Waals surface area contributed by atoms with Crippen molar-refractivity contribution in [3.8, 4) is 17.3 Å². The van der Waals surface area contributed by atoms with Crippen LogP contribution in [0.5, 0.6) is 0 Å². The zero-order chi connectivity index (χ0) is 21.5. The van der Waals surface area contributed by atoms with Gasteiger partial charge in [0.15, 0.2) is 5.82 Å². The Hall–Kier alpha value is -3.57. The third kappa shape index (κ3) is 3.57. The van der Waals surface area contributed by atoms with Crippen LogP contribution < -0.4 is 10.9 Å². The van der Waals surface area contributed by atoms with E-state index in [2.05, 4.69) is 21.5 Å². The average molecular weight is 434 g/mol. The molecule has 0 aliphatic heterocycles. The number of halogens is 1. The Bertz CT molecular complexity index is 1370. The standard InChI is InChI=1S/C22H20ClN7O/c1-29-11-8-17(27-29)15-5-4-14(12-16(15)23)26-21-20-19(7-10-25-22(20)31)30(28-21)18(6-9-24)13-2-3-13/h4-5,7-8,10-13,18H,2-3,6H2,1H3,(H,25,31)(H,26,28)/t18-/m0/s1. The number of pyridine rings is 1. The summed E-state index contributed by atoms with van der Waals surface area (Å²) in [6, 6.07) is 11.5. The summed E-state index contributed by atoms with van der Waals surface area (Å²) < 4.78 is 3.55. The molecule has 0 amide bonds. The van der Waals surface area contributed by atoms with Crippen LogP contribution in [-0.2, 0) is 7.05 Å². The van der Waals surface area contributed by atoms with Gasteiger partial charge in [-0.15, -0.1) is 0 Å². The summed E-state index contributed by atoms with van der Waals surface area (Å²) in [6.45, 7) is 0. The number of aromatic amines is 1. The van der Waals surface area contributed by atoms with Gasteiger partial charge in [0.2, 0.25) is 0 Å². The summed E-state index contributed by atoms with van der Waals surface area (Å²) in [6.07, 6.45) is 5.98. The van der Waals surface area contributed by atoms with Crippen LogP contribution in [0.4, 0.5) is 11.5 Å². The van der Waals surface area contributed by atoms with E-state index in [1.54, 1.807) is 16.9 Å². The van der Waals surface area contributed by atoms with Gasteiger partial charge in [-0.05, 0) is 49.1 Å². The van der Waals surface area contributed by atoms with Crippen LogP contribution in [-0.4, -0.2) is 24.5 Å². The van der Waals surface area contributed by atoms with Crippen molar-refractivity contribution in [2.24, 2.45) is 13.0 Å². The molecule has 4 aromatic rings. The van der Waals surface area contributed by atoms with E-state index in [0.717, 1.165) is 29.6 Å². The molecule has 0 bridgehead atoms. The second-order valence-corrected chi connectivity index (χ2v) is 8.23.